The first-order chi connectivity index (χ1) is 21.7. The highest BCUT2D eigenvalue weighted by Crippen LogP contribution is 2.25. The van der Waals surface area contributed by atoms with Gasteiger partial charge in [0.25, 0.3) is 17.4 Å². The molecule has 1 aliphatic rings. The van der Waals surface area contributed by atoms with Crippen LogP contribution in [0.4, 0.5) is 0 Å². The number of aryl methyl sites for hydroxylation is 1. The van der Waals surface area contributed by atoms with E-state index >= 15 is 0 Å². The third-order valence-electron chi connectivity index (χ3n) is 8.07. The number of hydrogen-bond acceptors (Lipinski definition) is 6. The van der Waals surface area contributed by atoms with Crippen LogP contribution in [0.5, 0.6) is 0 Å². The minimum Gasteiger partial charge on any atom is -0.480 e. The Labute approximate surface area is 257 Å². The van der Waals surface area contributed by atoms with Crippen molar-refractivity contribution in [3.63, 3.8) is 0 Å². The standard InChI is InChI=1S/C34H29N5O6/c1-37-16-15-30(40)39(34(37)45)29-11-5-9-25-22(8-4-10-26(25)29)18-28(33(43)44)36-31(41)23-12-13-27(35-19-23)32(42)38-17-14-21-6-2-3-7-24(21)20-38/h2-13,15-16,19,28H,14,17-18,20H2,1H3,(H,36,41)(H,43,44)/t28-/m0/s1. The van der Waals surface area contributed by atoms with E-state index in [2.05, 4.69) is 16.4 Å². The Morgan fingerprint density at radius 3 is 2.42 bits per heavy atom. The van der Waals surface area contributed by atoms with Crippen molar-refractivity contribution in [1.82, 2.24) is 24.3 Å². The van der Waals surface area contributed by atoms with E-state index in [1.54, 1.807) is 48.3 Å². The largest absolute Gasteiger partial charge is 0.480 e. The molecule has 0 aliphatic carbocycles. The van der Waals surface area contributed by atoms with Gasteiger partial charge in [0.2, 0.25) is 0 Å². The number of nitrogens with zero attached hydrogens (tertiary/aromatic N) is 4. The number of benzene rings is 3. The highest BCUT2D eigenvalue weighted by atomic mass is 16.4. The van der Waals surface area contributed by atoms with Crippen LogP contribution in [0.2, 0.25) is 0 Å². The fraction of sp³-hybridized carbons (Fsp3) is 0.176. The van der Waals surface area contributed by atoms with E-state index in [1.807, 2.05) is 18.2 Å². The molecule has 2 amide bonds. The fourth-order valence-corrected chi connectivity index (χ4v) is 5.67. The normalized spacial score (nSPS) is 13.2. The van der Waals surface area contributed by atoms with Gasteiger partial charge in [0, 0.05) is 50.4 Å². The summed E-state index contributed by atoms with van der Waals surface area (Å²) in [6.07, 6.45) is 3.35. The molecule has 6 rings (SSSR count). The summed E-state index contributed by atoms with van der Waals surface area (Å²) in [5.41, 5.74) is 2.58. The highest BCUT2D eigenvalue weighted by Gasteiger charge is 2.25. The van der Waals surface area contributed by atoms with Crippen molar-refractivity contribution in [2.45, 2.75) is 25.4 Å². The zero-order chi connectivity index (χ0) is 31.7. The second-order valence-corrected chi connectivity index (χ2v) is 10.9. The Kier molecular flexibility index (Phi) is 7.82. The minimum absolute atomic E-state index is 0.0655. The second-order valence-electron chi connectivity index (χ2n) is 10.9. The molecule has 11 nitrogen and oxygen atoms in total. The fourth-order valence-electron chi connectivity index (χ4n) is 5.67. The highest BCUT2D eigenvalue weighted by molar-refractivity contribution is 5.98. The molecule has 1 aliphatic heterocycles. The van der Waals surface area contributed by atoms with Gasteiger partial charge in [0.15, 0.2) is 0 Å². The summed E-state index contributed by atoms with van der Waals surface area (Å²) >= 11 is 0. The predicted molar refractivity (Wildman–Crippen MR) is 167 cm³/mol. The van der Waals surface area contributed by atoms with E-state index < -0.39 is 29.2 Å². The molecule has 2 aromatic heterocycles. The van der Waals surface area contributed by atoms with Crippen molar-refractivity contribution in [2.75, 3.05) is 6.54 Å². The Balaban J connectivity index is 1.20. The molecule has 0 saturated carbocycles. The molecule has 3 heterocycles. The van der Waals surface area contributed by atoms with Gasteiger partial charge < -0.3 is 19.9 Å². The van der Waals surface area contributed by atoms with E-state index in [4.69, 9.17) is 0 Å². The lowest BCUT2D eigenvalue weighted by molar-refractivity contribution is -0.139. The number of aliphatic carboxylic acids is 1. The lowest BCUT2D eigenvalue weighted by Crippen LogP contribution is -2.42. The number of hydrogen-bond donors (Lipinski definition) is 2. The SMILES string of the molecule is Cn1ccc(=O)n(-c2cccc3c(C[C@H](NC(=O)c4ccc(C(=O)N5CCc6ccccc6C5)nc4)C(=O)O)cccc23)c1=O. The van der Waals surface area contributed by atoms with Gasteiger partial charge in [-0.1, -0.05) is 54.6 Å². The van der Waals surface area contributed by atoms with Gasteiger partial charge in [-0.25, -0.2) is 14.2 Å². The van der Waals surface area contributed by atoms with Crippen LogP contribution in [0, 0.1) is 0 Å². The van der Waals surface area contributed by atoms with Gasteiger partial charge in [-0.3, -0.25) is 19.4 Å². The first kappa shape index (κ1) is 29.2. The Bertz CT molecular complexity index is 2080. The number of carbonyl (C=O) groups is 3. The number of nitrogens with one attached hydrogen (secondary N) is 1. The van der Waals surface area contributed by atoms with E-state index in [0.29, 0.717) is 35.1 Å². The molecule has 0 saturated heterocycles. The van der Waals surface area contributed by atoms with Crippen molar-refractivity contribution in [2.24, 2.45) is 7.05 Å². The number of rotatable bonds is 7. The topological polar surface area (TPSA) is 144 Å². The maximum Gasteiger partial charge on any atom is 0.335 e. The third kappa shape index (κ3) is 5.75. The van der Waals surface area contributed by atoms with Crippen LogP contribution in [-0.2, 0) is 31.2 Å². The van der Waals surface area contributed by atoms with Crippen molar-refractivity contribution < 1.29 is 19.5 Å². The molecular weight excluding hydrogens is 574 g/mol. The number of aromatic nitrogens is 3. The zero-order valence-electron chi connectivity index (χ0n) is 24.3. The van der Waals surface area contributed by atoms with Gasteiger partial charge in [-0.05, 0) is 46.7 Å². The average molecular weight is 604 g/mol. The smallest absolute Gasteiger partial charge is 0.335 e. The molecular formula is C34H29N5O6. The summed E-state index contributed by atoms with van der Waals surface area (Å²) in [6, 6.07) is 21.2. The van der Waals surface area contributed by atoms with E-state index in [0.717, 1.165) is 16.6 Å². The van der Waals surface area contributed by atoms with Crippen molar-refractivity contribution >= 4 is 28.6 Å². The van der Waals surface area contributed by atoms with Crippen LogP contribution in [0.3, 0.4) is 0 Å². The van der Waals surface area contributed by atoms with Crippen molar-refractivity contribution in [1.29, 1.82) is 0 Å². The molecule has 226 valence electrons. The molecule has 5 aromatic rings. The summed E-state index contributed by atoms with van der Waals surface area (Å²) < 4.78 is 2.36. The molecule has 45 heavy (non-hydrogen) atoms. The van der Waals surface area contributed by atoms with Gasteiger partial charge in [-0.2, -0.15) is 0 Å². The van der Waals surface area contributed by atoms with Crippen LogP contribution in [0.15, 0.2) is 101 Å². The van der Waals surface area contributed by atoms with Crippen LogP contribution in [0.25, 0.3) is 16.5 Å². The lowest BCUT2D eigenvalue weighted by atomic mass is 9.97. The Morgan fingerprint density at radius 2 is 1.67 bits per heavy atom. The number of fused-ring (bicyclic) bond motifs is 2. The zero-order valence-corrected chi connectivity index (χ0v) is 24.3. The predicted octanol–water partition coefficient (Wildman–Crippen LogP) is 2.71. The second kappa shape index (κ2) is 12.0. The summed E-state index contributed by atoms with van der Waals surface area (Å²) in [7, 11) is 1.55. The van der Waals surface area contributed by atoms with Gasteiger partial charge >= 0.3 is 11.7 Å². The average Bonchev–Trinajstić information content (AvgIpc) is 3.06. The molecule has 0 radical (unpaired) electrons. The molecule has 11 heteroatoms. The number of carbonyl (C=O) groups excluding carboxylic acids is 2. The molecule has 0 spiro atoms. The monoisotopic (exact) mass is 603 g/mol. The first-order valence-corrected chi connectivity index (χ1v) is 14.4. The van der Waals surface area contributed by atoms with Crippen LogP contribution in [-0.4, -0.2) is 54.5 Å². The van der Waals surface area contributed by atoms with Gasteiger partial charge in [-0.15, -0.1) is 0 Å². The van der Waals surface area contributed by atoms with Crippen LogP contribution in [0.1, 0.15) is 37.5 Å². The van der Waals surface area contributed by atoms with Gasteiger partial charge in [0.1, 0.15) is 11.7 Å². The molecule has 0 fully saturated rings. The number of amides is 2. The van der Waals surface area contributed by atoms with Gasteiger partial charge in [0.05, 0.1) is 11.3 Å². The summed E-state index contributed by atoms with van der Waals surface area (Å²) in [6.45, 7) is 1.04. The molecule has 1 atom stereocenters. The number of pyridine rings is 1. The van der Waals surface area contributed by atoms with E-state index in [-0.39, 0.29) is 23.6 Å². The summed E-state index contributed by atoms with van der Waals surface area (Å²) in [4.78, 5) is 69.8. The summed E-state index contributed by atoms with van der Waals surface area (Å²) in [5, 5.41) is 13.8. The summed E-state index contributed by atoms with van der Waals surface area (Å²) in [5.74, 6) is -2.14. The van der Waals surface area contributed by atoms with Crippen molar-refractivity contribution in [3.05, 3.63) is 140 Å². The maximum atomic E-state index is 13.1. The van der Waals surface area contributed by atoms with E-state index in [1.165, 1.54) is 40.7 Å². The Hall–Kier alpha value is -5.84. The molecule has 0 bridgehead atoms. The third-order valence-corrected chi connectivity index (χ3v) is 8.07. The molecule has 3 aromatic carbocycles. The molecule has 0 unspecified atom stereocenters. The minimum atomic E-state index is -1.30. The Morgan fingerprint density at radius 1 is 0.911 bits per heavy atom. The van der Waals surface area contributed by atoms with Crippen molar-refractivity contribution in [3.8, 4) is 5.69 Å². The van der Waals surface area contributed by atoms with Crippen LogP contribution >= 0.6 is 0 Å². The first-order valence-electron chi connectivity index (χ1n) is 14.4. The quantitative estimate of drug-likeness (QED) is 0.291. The van der Waals surface area contributed by atoms with E-state index in [9.17, 15) is 29.1 Å². The van der Waals surface area contributed by atoms with Crippen LogP contribution < -0.4 is 16.6 Å². The maximum absolute atomic E-state index is 13.1. The number of carboxylic acids is 1. The molecule has 2 N–H and O–H groups in total. The lowest BCUT2D eigenvalue weighted by Gasteiger charge is -2.28. The number of carboxylic acid groups (broad SMARTS) is 1.